The van der Waals surface area contributed by atoms with Gasteiger partial charge in [0.1, 0.15) is 17.1 Å². The Bertz CT molecular complexity index is 621. The average molecular weight is 332 g/mol. The van der Waals surface area contributed by atoms with E-state index < -0.39 is 5.60 Å². The lowest BCUT2D eigenvalue weighted by molar-refractivity contribution is 0.0367. The second-order valence-electron chi connectivity index (χ2n) is 5.81. The standard InChI is InChI=1S/C18H24N2O4/c1-18(22,16-6-4-12-24-16)13-20-17(21)19-11-3-5-14-7-9-15(23-2)10-8-14/h4,6-10,12,22H,3,5,11,13H2,1-2H3,(H2,19,20,21). The van der Waals surface area contributed by atoms with Crippen molar-refractivity contribution in [3.8, 4) is 5.75 Å². The fourth-order valence-corrected chi connectivity index (χ4v) is 2.27. The normalized spacial score (nSPS) is 13.1. The first-order chi connectivity index (χ1) is 11.5. The molecule has 0 aliphatic heterocycles. The molecule has 6 nitrogen and oxygen atoms in total. The number of nitrogens with one attached hydrogen (secondary N) is 2. The number of hydrogen-bond donors (Lipinski definition) is 3. The number of urea groups is 1. The van der Waals surface area contributed by atoms with Crippen molar-refractivity contribution < 1.29 is 19.1 Å². The maximum absolute atomic E-state index is 11.8. The molecule has 24 heavy (non-hydrogen) atoms. The van der Waals surface area contributed by atoms with Crippen LogP contribution in [0.4, 0.5) is 4.79 Å². The SMILES string of the molecule is COc1ccc(CCCNC(=O)NCC(C)(O)c2ccco2)cc1. The minimum Gasteiger partial charge on any atom is -0.497 e. The number of methoxy groups -OCH3 is 1. The van der Waals surface area contributed by atoms with Crippen molar-refractivity contribution in [2.45, 2.75) is 25.4 Å². The molecule has 1 atom stereocenters. The number of rotatable bonds is 8. The van der Waals surface area contributed by atoms with Gasteiger partial charge in [-0.05, 0) is 49.6 Å². The van der Waals surface area contributed by atoms with Gasteiger partial charge in [-0.1, -0.05) is 12.1 Å². The van der Waals surface area contributed by atoms with Gasteiger partial charge in [0.2, 0.25) is 0 Å². The smallest absolute Gasteiger partial charge is 0.314 e. The number of ether oxygens (including phenoxy) is 1. The largest absolute Gasteiger partial charge is 0.497 e. The monoisotopic (exact) mass is 332 g/mol. The zero-order chi connectivity index (χ0) is 17.4. The number of carbonyl (C=O) groups is 1. The van der Waals surface area contributed by atoms with Gasteiger partial charge >= 0.3 is 6.03 Å². The summed E-state index contributed by atoms with van der Waals surface area (Å²) in [6.07, 6.45) is 3.19. The second kappa shape index (κ2) is 8.40. The van der Waals surface area contributed by atoms with E-state index in [9.17, 15) is 9.90 Å². The number of aryl methyl sites for hydroxylation is 1. The molecule has 6 heteroatoms. The zero-order valence-corrected chi connectivity index (χ0v) is 14.0. The summed E-state index contributed by atoms with van der Waals surface area (Å²) in [4.78, 5) is 11.8. The Labute approximate surface area is 141 Å². The molecule has 2 aromatic rings. The van der Waals surface area contributed by atoms with Gasteiger partial charge in [-0.25, -0.2) is 4.79 Å². The molecule has 1 unspecified atom stereocenters. The van der Waals surface area contributed by atoms with E-state index in [4.69, 9.17) is 9.15 Å². The predicted molar refractivity (Wildman–Crippen MR) is 91.0 cm³/mol. The van der Waals surface area contributed by atoms with Gasteiger partial charge in [-0.15, -0.1) is 0 Å². The van der Waals surface area contributed by atoms with Crippen LogP contribution < -0.4 is 15.4 Å². The summed E-state index contributed by atoms with van der Waals surface area (Å²) >= 11 is 0. The van der Waals surface area contributed by atoms with Crippen LogP contribution >= 0.6 is 0 Å². The van der Waals surface area contributed by atoms with Gasteiger partial charge in [0.25, 0.3) is 0 Å². The van der Waals surface area contributed by atoms with Crippen molar-refractivity contribution in [1.82, 2.24) is 10.6 Å². The maximum atomic E-state index is 11.8. The first-order valence-electron chi connectivity index (χ1n) is 7.92. The third kappa shape index (κ3) is 5.31. The lowest BCUT2D eigenvalue weighted by Gasteiger charge is -2.21. The van der Waals surface area contributed by atoms with Gasteiger partial charge in [0, 0.05) is 6.54 Å². The van der Waals surface area contributed by atoms with E-state index in [2.05, 4.69) is 10.6 Å². The molecule has 0 fully saturated rings. The highest BCUT2D eigenvalue weighted by Crippen LogP contribution is 2.19. The Balaban J connectivity index is 1.64. The summed E-state index contributed by atoms with van der Waals surface area (Å²) in [7, 11) is 1.64. The fourth-order valence-electron chi connectivity index (χ4n) is 2.27. The summed E-state index contributed by atoms with van der Waals surface area (Å²) in [6.45, 7) is 2.22. The number of carbonyl (C=O) groups excluding carboxylic acids is 1. The van der Waals surface area contributed by atoms with Gasteiger partial charge in [0.05, 0.1) is 19.9 Å². The van der Waals surface area contributed by atoms with Gasteiger partial charge in [-0.3, -0.25) is 0 Å². The molecule has 1 heterocycles. The highest BCUT2D eigenvalue weighted by Gasteiger charge is 2.26. The summed E-state index contributed by atoms with van der Waals surface area (Å²) < 4.78 is 10.3. The summed E-state index contributed by atoms with van der Waals surface area (Å²) in [6, 6.07) is 10.9. The van der Waals surface area contributed by atoms with Crippen molar-refractivity contribution in [2.24, 2.45) is 0 Å². The second-order valence-corrected chi connectivity index (χ2v) is 5.81. The molecule has 0 saturated carbocycles. The summed E-state index contributed by atoms with van der Waals surface area (Å²) in [5, 5.41) is 15.7. The minimum absolute atomic E-state index is 0.0742. The molecule has 0 spiro atoms. The van der Waals surface area contributed by atoms with Crippen molar-refractivity contribution >= 4 is 6.03 Å². The molecule has 0 bridgehead atoms. The van der Waals surface area contributed by atoms with E-state index in [1.807, 2.05) is 24.3 Å². The van der Waals surface area contributed by atoms with Crippen LogP contribution in [0.2, 0.25) is 0 Å². The van der Waals surface area contributed by atoms with Gasteiger partial charge < -0.3 is 24.9 Å². The lowest BCUT2D eigenvalue weighted by Crippen LogP contribution is -2.43. The Hall–Kier alpha value is -2.47. The van der Waals surface area contributed by atoms with Gasteiger partial charge in [-0.2, -0.15) is 0 Å². The topological polar surface area (TPSA) is 83.7 Å². The van der Waals surface area contributed by atoms with Gasteiger partial charge in [0.15, 0.2) is 0 Å². The van der Waals surface area contributed by atoms with Crippen molar-refractivity contribution in [3.63, 3.8) is 0 Å². The van der Waals surface area contributed by atoms with Crippen LogP contribution in [-0.4, -0.2) is 31.3 Å². The van der Waals surface area contributed by atoms with Crippen molar-refractivity contribution in [2.75, 3.05) is 20.2 Å². The molecular formula is C18H24N2O4. The molecule has 0 radical (unpaired) electrons. The number of aliphatic hydroxyl groups is 1. The molecular weight excluding hydrogens is 308 g/mol. The Morgan fingerprint density at radius 1 is 1.25 bits per heavy atom. The quantitative estimate of drug-likeness (QED) is 0.648. The summed E-state index contributed by atoms with van der Waals surface area (Å²) in [5.74, 6) is 1.25. The average Bonchev–Trinajstić information content (AvgIpc) is 3.13. The van der Waals surface area contributed by atoms with Crippen LogP contribution in [-0.2, 0) is 12.0 Å². The van der Waals surface area contributed by atoms with Crippen LogP contribution in [0, 0.1) is 0 Å². The molecule has 1 aromatic heterocycles. The van der Waals surface area contributed by atoms with Crippen LogP contribution in [0.1, 0.15) is 24.7 Å². The molecule has 0 aliphatic rings. The van der Waals surface area contributed by atoms with E-state index in [1.165, 1.54) is 11.8 Å². The zero-order valence-electron chi connectivity index (χ0n) is 14.0. The molecule has 130 valence electrons. The Kier molecular flexibility index (Phi) is 6.26. The third-order valence-electron chi connectivity index (χ3n) is 3.73. The Morgan fingerprint density at radius 2 is 2.00 bits per heavy atom. The molecule has 2 rings (SSSR count). The van der Waals surface area contributed by atoms with Crippen LogP contribution in [0.15, 0.2) is 47.1 Å². The number of furan rings is 1. The maximum Gasteiger partial charge on any atom is 0.314 e. The predicted octanol–water partition coefficient (Wildman–Crippen LogP) is 2.43. The third-order valence-corrected chi connectivity index (χ3v) is 3.73. The molecule has 1 aromatic carbocycles. The van der Waals surface area contributed by atoms with E-state index >= 15 is 0 Å². The number of amides is 2. The van der Waals surface area contributed by atoms with E-state index in [0.717, 1.165) is 18.6 Å². The van der Waals surface area contributed by atoms with Crippen LogP contribution in [0.25, 0.3) is 0 Å². The molecule has 0 saturated heterocycles. The van der Waals surface area contributed by atoms with Crippen LogP contribution in [0.3, 0.4) is 0 Å². The van der Waals surface area contributed by atoms with Crippen LogP contribution in [0.5, 0.6) is 5.75 Å². The van der Waals surface area contributed by atoms with E-state index in [-0.39, 0.29) is 12.6 Å². The molecule has 2 amide bonds. The highest BCUT2D eigenvalue weighted by atomic mass is 16.5. The first-order valence-corrected chi connectivity index (χ1v) is 7.92. The molecule has 0 aliphatic carbocycles. The Morgan fingerprint density at radius 3 is 2.62 bits per heavy atom. The fraction of sp³-hybridized carbons (Fsp3) is 0.389. The van der Waals surface area contributed by atoms with Crippen molar-refractivity contribution in [3.05, 3.63) is 54.0 Å². The summed E-state index contributed by atoms with van der Waals surface area (Å²) in [5.41, 5.74) is -0.0389. The highest BCUT2D eigenvalue weighted by molar-refractivity contribution is 5.73. The van der Waals surface area contributed by atoms with E-state index in [0.29, 0.717) is 12.3 Å². The van der Waals surface area contributed by atoms with Crippen molar-refractivity contribution in [1.29, 1.82) is 0 Å². The number of benzene rings is 1. The number of hydrogen-bond acceptors (Lipinski definition) is 4. The van der Waals surface area contributed by atoms with E-state index in [1.54, 1.807) is 26.2 Å². The minimum atomic E-state index is -1.23. The lowest BCUT2D eigenvalue weighted by atomic mass is 10.0. The molecule has 3 N–H and O–H groups in total. The first kappa shape index (κ1) is 17.9.